The van der Waals surface area contributed by atoms with E-state index in [1.54, 1.807) is 4.90 Å². The lowest BCUT2D eigenvalue weighted by Crippen LogP contribution is -2.48. The van der Waals surface area contributed by atoms with E-state index in [9.17, 15) is 9.59 Å². The van der Waals surface area contributed by atoms with Crippen molar-refractivity contribution >= 4 is 22.7 Å². The van der Waals surface area contributed by atoms with E-state index in [4.69, 9.17) is 4.74 Å². The maximum atomic E-state index is 13.5. The van der Waals surface area contributed by atoms with Gasteiger partial charge >= 0.3 is 0 Å². The third-order valence-electron chi connectivity index (χ3n) is 6.54. The molecule has 2 N–H and O–H groups in total. The zero-order valence-corrected chi connectivity index (χ0v) is 17.9. The van der Waals surface area contributed by atoms with Gasteiger partial charge in [0.2, 0.25) is 5.91 Å². The molecule has 0 unspecified atom stereocenters. The first kappa shape index (κ1) is 19.8. The minimum absolute atomic E-state index is 0.0642. The zero-order valence-electron chi connectivity index (χ0n) is 17.9. The van der Waals surface area contributed by atoms with Crippen molar-refractivity contribution < 1.29 is 14.3 Å². The van der Waals surface area contributed by atoms with Gasteiger partial charge in [-0.05, 0) is 44.4 Å². The normalized spacial score (nSPS) is 21.5. The zero-order chi connectivity index (χ0) is 21.5. The molecule has 1 fully saturated rings. The van der Waals surface area contributed by atoms with Crippen LogP contribution in [0.1, 0.15) is 53.0 Å². The molecule has 1 aromatic heterocycles. The van der Waals surface area contributed by atoms with Crippen molar-refractivity contribution in [3.05, 3.63) is 70.9 Å². The van der Waals surface area contributed by atoms with E-state index in [1.807, 2.05) is 56.3 Å². The van der Waals surface area contributed by atoms with E-state index in [0.29, 0.717) is 12.1 Å². The van der Waals surface area contributed by atoms with Gasteiger partial charge in [-0.1, -0.05) is 36.4 Å². The molecule has 2 amide bonds. The van der Waals surface area contributed by atoms with Gasteiger partial charge in [-0.2, -0.15) is 0 Å². The summed E-state index contributed by atoms with van der Waals surface area (Å²) in [5.41, 5.74) is 4.69. The molecule has 5 rings (SSSR count). The fraction of sp³-hybridized carbons (Fsp3) is 0.360. The number of carbonyl (C=O) groups excluding carboxylic acids is 2. The standard InChI is InChI=1S/C25H27N3O3/c1-15-22(20-11-5-6-12-21(20)27-15)23-18-9-3-4-10-19(18)25(30)28(23)16(2)24(29)26-14-17-8-7-13-31-17/h3-6,9-12,16-17,23,27H,7-8,13-14H2,1-2H3,(H,26,29)/t16-,17-,23+/m1/s1. The summed E-state index contributed by atoms with van der Waals surface area (Å²) < 4.78 is 5.62. The Morgan fingerprint density at radius 3 is 2.81 bits per heavy atom. The number of hydrogen-bond donors (Lipinski definition) is 2. The highest BCUT2D eigenvalue weighted by Gasteiger charge is 2.43. The molecule has 1 saturated heterocycles. The number of rotatable bonds is 5. The number of nitrogens with zero attached hydrogens (tertiary/aromatic N) is 1. The summed E-state index contributed by atoms with van der Waals surface area (Å²) in [6, 6.07) is 14.9. The maximum absolute atomic E-state index is 13.5. The summed E-state index contributed by atoms with van der Waals surface area (Å²) in [6.45, 7) is 5.07. The predicted octanol–water partition coefficient (Wildman–Crippen LogP) is 3.71. The Labute approximate surface area is 181 Å². The molecule has 31 heavy (non-hydrogen) atoms. The molecule has 2 aliphatic heterocycles. The van der Waals surface area contributed by atoms with Crippen LogP contribution in [0.2, 0.25) is 0 Å². The second-order valence-electron chi connectivity index (χ2n) is 8.47. The van der Waals surface area contributed by atoms with Gasteiger partial charge in [0.25, 0.3) is 5.91 Å². The van der Waals surface area contributed by atoms with Gasteiger partial charge in [0.05, 0.1) is 12.1 Å². The molecule has 0 aliphatic carbocycles. The first-order chi connectivity index (χ1) is 15.1. The molecule has 0 spiro atoms. The van der Waals surface area contributed by atoms with Crippen LogP contribution < -0.4 is 5.32 Å². The molecule has 6 heteroatoms. The molecule has 0 radical (unpaired) electrons. The van der Waals surface area contributed by atoms with E-state index in [0.717, 1.165) is 47.2 Å². The molecule has 0 bridgehead atoms. The quantitative estimate of drug-likeness (QED) is 0.665. The minimum Gasteiger partial charge on any atom is -0.376 e. The van der Waals surface area contributed by atoms with Crippen molar-refractivity contribution in [2.24, 2.45) is 0 Å². The Morgan fingerprint density at radius 1 is 1.23 bits per heavy atom. The van der Waals surface area contributed by atoms with E-state index >= 15 is 0 Å². The van der Waals surface area contributed by atoms with Crippen LogP contribution in [0.25, 0.3) is 10.9 Å². The van der Waals surface area contributed by atoms with Gasteiger partial charge in [-0.15, -0.1) is 0 Å². The van der Waals surface area contributed by atoms with Crippen LogP contribution in [0, 0.1) is 6.92 Å². The van der Waals surface area contributed by atoms with E-state index in [1.165, 1.54) is 0 Å². The molecule has 160 valence electrons. The molecule has 2 aromatic carbocycles. The van der Waals surface area contributed by atoms with Gasteiger partial charge < -0.3 is 19.9 Å². The average molecular weight is 418 g/mol. The summed E-state index contributed by atoms with van der Waals surface area (Å²) in [5.74, 6) is -0.260. The Kier molecular flexibility index (Phi) is 5.02. The van der Waals surface area contributed by atoms with Crippen LogP contribution in [-0.2, 0) is 9.53 Å². The highest BCUT2D eigenvalue weighted by atomic mass is 16.5. The second kappa shape index (κ2) is 7.85. The largest absolute Gasteiger partial charge is 0.376 e. The minimum atomic E-state index is -0.612. The number of fused-ring (bicyclic) bond motifs is 2. The number of hydrogen-bond acceptors (Lipinski definition) is 3. The van der Waals surface area contributed by atoms with Crippen LogP contribution in [0.15, 0.2) is 48.5 Å². The van der Waals surface area contributed by atoms with Crippen molar-refractivity contribution in [2.75, 3.05) is 13.2 Å². The number of para-hydroxylation sites is 1. The molecular formula is C25H27N3O3. The van der Waals surface area contributed by atoms with Crippen molar-refractivity contribution in [2.45, 2.75) is 44.9 Å². The summed E-state index contributed by atoms with van der Waals surface area (Å²) >= 11 is 0. The van der Waals surface area contributed by atoms with Crippen LogP contribution in [0.3, 0.4) is 0 Å². The predicted molar refractivity (Wildman–Crippen MR) is 119 cm³/mol. The van der Waals surface area contributed by atoms with Gasteiger partial charge in [0, 0.05) is 40.9 Å². The number of amides is 2. The van der Waals surface area contributed by atoms with Crippen molar-refractivity contribution in [3.63, 3.8) is 0 Å². The fourth-order valence-electron chi connectivity index (χ4n) is 4.97. The van der Waals surface area contributed by atoms with Crippen LogP contribution in [-0.4, -0.2) is 47.0 Å². The molecular weight excluding hydrogens is 390 g/mol. The molecule has 3 aromatic rings. The van der Waals surface area contributed by atoms with Crippen molar-refractivity contribution in [1.29, 1.82) is 0 Å². The number of H-pyrrole nitrogens is 1. The van der Waals surface area contributed by atoms with Crippen LogP contribution in [0.5, 0.6) is 0 Å². The van der Waals surface area contributed by atoms with Gasteiger partial charge in [-0.25, -0.2) is 0 Å². The number of aromatic nitrogens is 1. The van der Waals surface area contributed by atoms with Crippen molar-refractivity contribution in [1.82, 2.24) is 15.2 Å². The molecule has 6 nitrogen and oxygen atoms in total. The Bertz CT molecular complexity index is 1150. The highest BCUT2D eigenvalue weighted by Crippen LogP contribution is 2.43. The number of benzene rings is 2. The van der Waals surface area contributed by atoms with Crippen LogP contribution >= 0.6 is 0 Å². The fourth-order valence-corrected chi connectivity index (χ4v) is 4.97. The summed E-state index contributed by atoms with van der Waals surface area (Å²) in [4.78, 5) is 31.7. The van der Waals surface area contributed by atoms with Gasteiger partial charge in [0.1, 0.15) is 6.04 Å². The summed E-state index contributed by atoms with van der Waals surface area (Å²) in [5, 5.41) is 4.08. The summed E-state index contributed by atoms with van der Waals surface area (Å²) in [6.07, 6.45) is 2.05. The smallest absolute Gasteiger partial charge is 0.255 e. The number of carbonyl (C=O) groups is 2. The Morgan fingerprint density at radius 2 is 2.00 bits per heavy atom. The first-order valence-corrected chi connectivity index (χ1v) is 10.9. The van der Waals surface area contributed by atoms with E-state index in [2.05, 4.69) is 16.4 Å². The van der Waals surface area contributed by atoms with E-state index < -0.39 is 6.04 Å². The Balaban J connectivity index is 1.53. The third-order valence-corrected chi connectivity index (χ3v) is 6.54. The average Bonchev–Trinajstić information content (AvgIpc) is 3.48. The Hall–Kier alpha value is -3.12. The monoisotopic (exact) mass is 417 g/mol. The number of nitrogens with one attached hydrogen (secondary N) is 2. The molecule has 2 aliphatic rings. The lowest BCUT2D eigenvalue weighted by Gasteiger charge is -2.31. The molecule has 0 saturated carbocycles. The van der Waals surface area contributed by atoms with Gasteiger partial charge in [0.15, 0.2) is 0 Å². The number of aryl methyl sites for hydroxylation is 1. The van der Waals surface area contributed by atoms with Gasteiger partial charge in [-0.3, -0.25) is 9.59 Å². The first-order valence-electron chi connectivity index (χ1n) is 10.9. The number of ether oxygens (including phenoxy) is 1. The topological polar surface area (TPSA) is 74.4 Å². The van der Waals surface area contributed by atoms with Crippen LogP contribution in [0.4, 0.5) is 0 Å². The van der Waals surface area contributed by atoms with E-state index in [-0.39, 0.29) is 24.0 Å². The summed E-state index contributed by atoms with van der Waals surface area (Å²) in [7, 11) is 0. The maximum Gasteiger partial charge on any atom is 0.255 e. The second-order valence-corrected chi connectivity index (χ2v) is 8.47. The number of aromatic amines is 1. The lowest BCUT2D eigenvalue weighted by atomic mass is 9.95. The lowest BCUT2D eigenvalue weighted by molar-refractivity contribution is -0.126. The van der Waals surface area contributed by atoms with Crippen molar-refractivity contribution in [3.8, 4) is 0 Å². The highest BCUT2D eigenvalue weighted by molar-refractivity contribution is 6.03. The molecule has 3 atom stereocenters. The third kappa shape index (κ3) is 3.31. The SMILES string of the molecule is Cc1[nH]c2ccccc2c1[C@@H]1c2ccccc2C(=O)N1[C@H](C)C(=O)NC[C@H]1CCCO1. The molecule has 3 heterocycles.